The van der Waals surface area contributed by atoms with E-state index in [9.17, 15) is 19.2 Å². The Morgan fingerprint density at radius 2 is 1.20 bits per heavy atom. The third kappa shape index (κ3) is 8.05. The first-order valence-electron chi connectivity index (χ1n) is 20.6. The molecule has 2 saturated heterocycles. The SMILES string of the molecule is COC(=O)C[C@H](C(=O)N1[C@@H](C)CC[C@H]1c1nc2ccc(-c3cc(F)c(-c4ccc5nc([C@@H]6CC[C@H](C)N6C(=O)[C@@H](NC(=O)OC)C(C)C)[nH]c5c4)cc3F)cc2[nH]1)C(C)C. The number of fused-ring (bicyclic) bond motifs is 2. The molecule has 2 fully saturated rings. The lowest BCUT2D eigenvalue weighted by Gasteiger charge is -2.32. The van der Waals surface area contributed by atoms with Gasteiger partial charge in [0, 0.05) is 23.2 Å². The van der Waals surface area contributed by atoms with Crippen molar-refractivity contribution in [3.63, 3.8) is 0 Å². The van der Waals surface area contributed by atoms with E-state index in [0.29, 0.717) is 57.7 Å². The number of esters is 1. The minimum atomic E-state index is -0.788. The molecular weight excluding hydrogens is 773 g/mol. The second-order valence-corrected chi connectivity index (χ2v) is 16.9. The molecule has 13 nitrogen and oxygen atoms in total. The molecule has 0 spiro atoms. The smallest absolute Gasteiger partial charge is 0.407 e. The van der Waals surface area contributed by atoms with E-state index < -0.39 is 35.7 Å². The Morgan fingerprint density at radius 3 is 1.63 bits per heavy atom. The third-order valence-electron chi connectivity index (χ3n) is 12.3. The predicted octanol–water partition coefficient (Wildman–Crippen LogP) is 8.37. The van der Waals surface area contributed by atoms with Gasteiger partial charge < -0.3 is 34.6 Å². The fourth-order valence-corrected chi connectivity index (χ4v) is 8.87. The largest absolute Gasteiger partial charge is 0.469 e. The first-order valence-corrected chi connectivity index (χ1v) is 20.6. The number of likely N-dealkylation sites (tertiary alicyclic amines) is 2. The van der Waals surface area contributed by atoms with Crippen LogP contribution in [0.5, 0.6) is 0 Å². The maximum Gasteiger partial charge on any atom is 0.407 e. The van der Waals surface area contributed by atoms with Crippen LogP contribution in [0.4, 0.5) is 13.6 Å². The van der Waals surface area contributed by atoms with Crippen LogP contribution in [-0.2, 0) is 23.9 Å². The zero-order valence-corrected chi connectivity index (χ0v) is 35.3. The van der Waals surface area contributed by atoms with Crippen molar-refractivity contribution >= 4 is 45.9 Å². The van der Waals surface area contributed by atoms with Crippen molar-refractivity contribution in [1.82, 2.24) is 35.1 Å². The Morgan fingerprint density at radius 1 is 0.717 bits per heavy atom. The normalized spacial score (nSPS) is 20.3. The number of carbonyl (C=O) groups excluding carboxylic acids is 4. The van der Waals surface area contributed by atoms with Gasteiger partial charge in [0.15, 0.2) is 0 Å². The van der Waals surface area contributed by atoms with Gasteiger partial charge in [0.25, 0.3) is 0 Å². The number of nitrogens with zero attached hydrogens (tertiary/aromatic N) is 4. The highest BCUT2D eigenvalue weighted by molar-refractivity contribution is 5.88. The number of halogens is 2. The van der Waals surface area contributed by atoms with Gasteiger partial charge in [-0.2, -0.15) is 0 Å². The molecule has 3 amide bonds. The lowest BCUT2D eigenvalue weighted by atomic mass is 9.90. The number of H-pyrrole nitrogens is 2. The molecule has 2 aliphatic rings. The van der Waals surface area contributed by atoms with Crippen LogP contribution in [0.3, 0.4) is 0 Å². The van der Waals surface area contributed by atoms with Gasteiger partial charge >= 0.3 is 12.1 Å². The van der Waals surface area contributed by atoms with Crippen molar-refractivity contribution in [3.05, 3.63) is 71.8 Å². The summed E-state index contributed by atoms with van der Waals surface area (Å²) in [4.78, 5) is 71.8. The molecule has 15 heteroatoms. The molecule has 3 aromatic carbocycles. The number of nitrogens with one attached hydrogen (secondary N) is 3. The third-order valence-corrected chi connectivity index (χ3v) is 12.3. The van der Waals surface area contributed by atoms with Gasteiger partial charge in [-0.25, -0.2) is 23.5 Å². The van der Waals surface area contributed by atoms with Gasteiger partial charge in [-0.15, -0.1) is 0 Å². The summed E-state index contributed by atoms with van der Waals surface area (Å²) >= 11 is 0. The summed E-state index contributed by atoms with van der Waals surface area (Å²) in [5.74, 6) is -1.66. The summed E-state index contributed by atoms with van der Waals surface area (Å²) in [6.45, 7) is 11.5. The van der Waals surface area contributed by atoms with Crippen LogP contribution in [0, 0.1) is 29.4 Å². The van der Waals surface area contributed by atoms with E-state index in [2.05, 4.69) is 15.3 Å². The highest BCUT2D eigenvalue weighted by Crippen LogP contribution is 2.40. The van der Waals surface area contributed by atoms with E-state index in [1.807, 2.05) is 46.4 Å². The number of hydrogen-bond acceptors (Lipinski definition) is 8. The van der Waals surface area contributed by atoms with Crippen molar-refractivity contribution in [2.24, 2.45) is 17.8 Å². The first-order chi connectivity index (χ1) is 28.6. The summed E-state index contributed by atoms with van der Waals surface area (Å²) in [5.41, 5.74) is 3.50. The molecule has 6 atom stereocenters. The zero-order valence-electron chi connectivity index (χ0n) is 35.3. The average molecular weight is 826 g/mol. The summed E-state index contributed by atoms with van der Waals surface area (Å²) in [7, 11) is 2.57. The summed E-state index contributed by atoms with van der Waals surface area (Å²) in [5, 5.41) is 2.67. The second kappa shape index (κ2) is 17.0. The maximum atomic E-state index is 16.0. The lowest BCUT2D eigenvalue weighted by Crippen LogP contribution is -2.52. The fraction of sp³-hybridized carbons (Fsp3) is 0.467. The molecule has 2 aromatic heterocycles. The fourth-order valence-electron chi connectivity index (χ4n) is 8.87. The number of benzene rings is 3. The standard InChI is InChI=1S/C45H53F2N7O6/c1-22(2)28(21-39(55)59-7)43(56)53-24(5)9-15-37(53)41-48-33-13-11-26(17-35(33)50-41)29-19-32(47)30(20-31(29)46)27-12-14-34-36(18-27)51-42(49-34)38-16-10-25(6)54(38)44(57)40(23(3)4)52-45(58)60-8/h11-14,17-20,22-25,28,37-38,40H,9-10,15-16,21H2,1-8H3,(H,48,50)(H,49,51)(H,52,58)/t24-,25-,28-,37-,38-,40-/m0/s1. The Balaban J connectivity index is 1.13. The lowest BCUT2D eigenvalue weighted by molar-refractivity contribution is -0.149. The number of imidazole rings is 2. The van der Waals surface area contributed by atoms with Crippen molar-refractivity contribution < 1.29 is 37.4 Å². The van der Waals surface area contributed by atoms with Crippen LogP contribution in [0.1, 0.15) is 97.4 Å². The quantitative estimate of drug-likeness (QED) is 0.112. The van der Waals surface area contributed by atoms with E-state index in [1.165, 1.54) is 26.4 Å². The number of carbonyl (C=O) groups is 4. The molecule has 3 N–H and O–H groups in total. The summed E-state index contributed by atoms with van der Waals surface area (Å²) in [6, 6.07) is 11.0. The number of aromatic nitrogens is 4. The van der Waals surface area contributed by atoms with E-state index in [0.717, 1.165) is 12.8 Å². The Labute approximate surface area is 347 Å². The zero-order chi connectivity index (χ0) is 43.2. The number of rotatable bonds is 11. The molecule has 5 aromatic rings. The van der Waals surface area contributed by atoms with Crippen molar-refractivity contribution in [2.45, 2.75) is 104 Å². The molecule has 318 valence electrons. The molecular formula is C45H53F2N7O6. The molecule has 0 radical (unpaired) electrons. The van der Waals surface area contributed by atoms with E-state index in [1.54, 1.807) is 41.3 Å². The van der Waals surface area contributed by atoms with Gasteiger partial charge in [0.1, 0.15) is 29.3 Å². The van der Waals surface area contributed by atoms with Crippen LogP contribution in [-0.4, -0.2) is 86.0 Å². The molecule has 0 aliphatic carbocycles. The predicted molar refractivity (Wildman–Crippen MR) is 222 cm³/mol. The number of alkyl carbamates (subject to hydrolysis) is 1. The van der Waals surface area contributed by atoms with Crippen molar-refractivity contribution in [2.75, 3.05) is 14.2 Å². The second-order valence-electron chi connectivity index (χ2n) is 16.9. The van der Waals surface area contributed by atoms with Gasteiger partial charge in [-0.05, 0) is 98.9 Å². The number of ether oxygens (including phenoxy) is 2. The van der Waals surface area contributed by atoms with Crippen LogP contribution in [0.15, 0.2) is 48.5 Å². The van der Waals surface area contributed by atoms with Gasteiger partial charge in [0.05, 0.1) is 60.7 Å². The highest BCUT2D eigenvalue weighted by atomic mass is 19.1. The number of amides is 3. The number of methoxy groups -OCH3 is 2. The molecule has 0 unspecified atom stereocenters. The van der Waals surface area contributed by atoms with Gasteiger partial charge in [0.2, 0.25) is 11.8 Å². The Hall–Kier alpha value is -5.86. The van der Waals surface area contributed by atoms with Crippen LogP contribution >= 0.6 is 0 Å². The van der Waals surface area contributed by atoms with Crippen LogP contribution in [0.25, 0.3) is 44.3 Å². The van der Waals surface area contributed by atoms with Crippen LogP contribution in [0.2, 0.25) is 0 Å². The summed E-state index contributed by atoms with van der Waals surface area (Å²) < 4.78 is 41.7. The monoisotopic (exact) mass is 825 g/mol. The van der Waals surface area contributed by atoms with E-state index in [-0.39, 0.29) is 65.4 Å². The van der Waals surface area contributed by atoms with Gasteiger partial charge in [-0.1, -0.05) is 39.8 Å². The molecule has 7 rings (SSSR count). The molecule has 4 heterocycles. The van der Waals surface area contributed by atoms with Crippen molar-refractivity contribution in [3.8, 4) is 22.3 Å². The first kappa shape index (κ1) is 42.3. The highest BCUT2D eigenvalue weighted by Gasteiger charge is 2.43. The average Bonchev–Trinajstić information content (AvgIpc) is 4.02. The van der Waals surface area contributed by atoms with E-state index >= 15 is 8.78 Å². The minimum absolute atomic E-state index is 0.00695. The summed E-state index contributed by atoms with van der Waals surface area (Å²) in [6.07, 6.45) is 2.16. The molecule has 60 heavy (non-hydrogen) atoms. The molecule has 0 saturated carbocycles. The number of hydrogen-bond donors (Lipinski definition) is 3. The van der Waals surface area contributed by atoms with E-state index in [4.69, 9.17) is 19.4 Å². The minimum Gasteiger partial charge on any atom is -0.469 e. The Bertz CT molecular complexity index is 2280. The Kier molecular flexibility index (Phi) is 12.0. The topological polar surface area (TPSA) is 163 Å². The van der Waals surface area contributed by atoms with Crippen molar-refractivity contribution in [1.29, 1.82) is 0 Å². The maximum absolute atomic E-state index is 16.0. The van der Waals surface area contributed by atoms with Crippen LogP contribution < -0.4 is 5.32 Å². The van der Waals surface area contributed by atoms with Gasteiger partial charge in [-0.3, -0.25) is 14.4 Å². The number of aromatic amines is 2. The molecule has 0 bridgehead atoms. The molecule has 2 aliphatic heterocycles.